The highest BCUT2D eigenvalue weighted by Crippen LogP contribution is 2.27. The van der Waals surface area contributed by atoms with Crippen LogP contribution in [0, 0.1) is 6.92 Å². The number of likely N-dealkylation sites (tertiary alicyclic amines) is 1. The maximum absolute atomic E-state index is 12.9. The summed E-state index contributed by atoms with van der Waals surface area (Å²) in [4.78, 5) is 35.0. The third kappa shape index (κ3) is 4.26. The van der Waals surface area contributed by atoms with E-state index in [9.17, 15) is 9.59 Å². The number of aromatic amines is 1. The molecule has 1 aliphatic rings. The lowest BCUT2D eigenvalue weighted by Gasteiger charge is -2.31. The number of piperidine rings is 1. The van der Waals surface area contributed by atoms with Crippen molar-refractivity contribution in [3.8, 4) is 0 Å². The van der Waals surface area contributed by atoms with E-state index in [1.165, 1.54) is 0 Å². The van der Waals surface area contributed by atoms with Crippen LogP contribution in [0.4, 0.5) is 0 Å². The van der Waals surface area contributed by atoms with Crippen molar-refractivity contribution >= 4 is 28.7 Å². The Morgan fingerprint density at radius 3 is 2.70 bits per heavy atom. The first-order chi connectivity index (χ1) is 16.0. The molecule has 1 aliphatic heterocycles. The van der Waals surface area contributed by atoms with Crippen molar-refractivity contribution in [1.82, 2.24) is 29.9 Å². The van der Waals surface area contributed by atoms with E-state index in [0.29, 0.717) is 41.7 Å². The average molecular weight is 463 g/mol. The molecule has 0 unspecified atom stereocenters. The molecule has 0 radical (unpaired) electrons. The highest BCUT2D eigenvalue weighted by Gasteiger charge is 2.27. The van der Waals surface area contributed by atoms with Crippen LogP contribution in [0.2, 0.25) is 5.02 Å². The summed E-state index contributed by atoms with van der Waals surface area (Å²) in [7, 11) is 0. The molecule has 0 spiro atoms. The minimum absolute atomic E-state index is 0.0380. The molecule has 0 aliphatic carbocycles. The van der Waals surface area contributed by atoms with E-state index in [2.05, 4.69) is 15.3 Å². The van der Waals surface area contributed by atoms with Gasteiger partial charge in [-0.25, -0.2) is 9.67 Å². The van der Waals surface area contributed by atoms with Gasteiger partial charge in [-0.15, -0.1) is 5.10 Å². The molecule has 1 N–H and O–H groups in total. The van der Waals surface area contributed by atoms with Crippen LogP contribution in [0.25, 0.3) is 11.2 Å². The Kier molecular flexibility index (Phi) is 5.68. The van der Waals surface area contributed by atoms with Gasteiger partial charge in [-0.2, -0.15) is 0 Å². The molecule has 9 heteroatoms. The van der Waals surface area contributed by atoms with E-state index in [1.807, 2.05) is 60.4 Å². The van der Waals surface area contributed by atoms with E-state index < -0.39 is 0 Å². The Bertz CT molecular complexity index is 1390. The third-order valence-electron chi connectivity index (χ3n) is 6.10. The van der Waals surface area contributed by atoms with Crippen molar-refractivity contribution in [3.63, 3.8) is 0 Å². The molecule has 1 saturated heterocycles. The van der Waals surface area contributed by atoms with Crippen molar-refractivity contribution in [1.29, 1.82) is 0 Å². The first-order valence-corrected chi connectivity index (χ1v) is 11.3. The lowest BCUT2D eigenvalue weighted by molar-refractivity contribution is 0.0711. The van der Waals surface area contributed by atoms with Gasteiger partial charge in [0.1, 0.15) is 5.82 Å². The van der Waals surface area contributed by atoms with E-state index in [0.717, 1.165) is 24.0 Å². The minimum atomic E-state index is -0.307. The van der Waals surface area contributed by atoms with Crippen LogP contribution in [-0.4, -0.2) is 48.9 Å². The standard InChI is InChI=1S/C24H23ClN6O2/c1-15-5-4-7-17(13-15)24(33)30-11-9-16(10-12-30)21-26-22-20(23(32)27-21)28-29-31(22)14-18-6-2-3-8-19(18)25/h2-8,13,16H,9-12,14H2,1H3,(H,26,27,32). The summed E-state index contributed by atoms with van der Waals surface area (Å²) < 4.78 is 1.60. The number of nitrogens with one attached hydrogen (secondary N) is 1. The van der Waals surface area contributed by atoms with Gasteiger partial charge in [0.2, 0.25) is 0 Å². The first kappa shape index (κ1) is 21.3. The zero-order valence-electron chi connectivity index (χ0n) is 18.2. The molecule has 1 amide bonds. The molecule has 8 nitrogen and oxygen atoms in total. The number of hydrogen-bond acceptors (Lipinski definition) is 5. The zero-order chi connectivity index (χ0) is 22.9. The molecular weight excluding hydrogens is 440 g/mol. The highest BCUT2D eigenvalue weighted by atomic mass is 35.5. The van der Waals surface area contributed by atoms with Crippen molar-refractivity contribution in [3.05, 3.63) is 86.4 Å². The summed E-state index contributed by atoms with van der Waals surface area (Å²) in [5.41, 5.74) is 2.98. The number of carbonyl (C=O) groups excluding carboxylic acids is 1. The fourth-order valence-corrected chi connectivity index (χ4v) is 4.48. The van der Waals surface area contributed by atoms with Gasteiger partial charge in [0.25, 0.3) is 11.5 Å². The fourth-order valence-electron chi connectivity index (χ4n) is 4.29. The van der Waals surface area contributed by atoms with Crippen molar-refractivity contribution in [2.24, 2.45) is 0 Å². The Labute approximate surface area is 195 Å². The van der Waals surface area contributed by atoms with Crippen LogP contribution in [-0.2, 0) is 6.54 Å². The third-order valence-corrected chi connectivity index (χ3v) is 6.47. The van der Waals surface area contributed by atoms with E-state index in [4.69, 9.17) is 16.6 Å². The lowest BCUT2D eigenvalue weighted by atomic mass is 9.95. The van der Waals surface area contributed by atoms with Gasteiger partial charge < -0.3 is 9.88 Å². The number of amides is 1. The summed E-state index contributed by atoms with van der Waals surface area (Å²) in [6.07, 6.45) is 1.44. The zero-order valence-corrected chi connectivity index (χ0v) is 18.9. The molecule has 0 saturated carbocycles. The van der Waals surface area contributed by atoms with Crippen molar-refractivity contribution < 1.29 is 4.79 Å². The van der Waals surface area contributed by atoms with Crippen LogP contribution in [0.5, 0.6) is 0 Å². The molecule has 0 bridgehead atoms. The second kappa shape index (κ2) is 8.78. The highest BCUT2D eigenvalue weighted by molar-refractivity contribution is 6.31. The monoisotopic (exact) mass is 462 g/mol. The molecule has 0 atom stereocenters. The number of carbonyl (C=O) groups is 1. The number of hydrogen-bond donors (Lipinski definition) is 1. The predicted octanol–water partition coefficient (Wildman–Crippen LogP) is 3.54. The number of halogens is 1. The molecule has 33 heavy (non-hydrogen) atoms. The summed E-state index contributed by atoms with van der Waals surface area (Å²) in [5, 5.41) is 8.77. The lowest BCUT2D eigenvalue weighted by Crippen LogP contribution is -2.38. The molecular formula is C24H23ClN6O2. The van der Waals surface area contributed by atoms with Crippen molar-refractivity contribution in [2.75, 3.05) is 13.1 Å². The number of nitrogens with zero attached hydrogens (tertiary/aromatic N) is 5. The number of aromatic nitrogens is 5. The van der Waals surface area contributed by atoms with Crippen LogP contribution in [0.3, 0.4) is 0 Å². The average Bonchev–Trinajstić information content (AvgIpc) is 3.23. The molecule has 4 aromatic rings. The maximum atomic E-state index is 12.9. The maximum Gasteiger partial charge on any atom is 0.281 e. The van der Waals surface area contributed by atoms with Gasteiger partial charge in [0.15, 0.2) is 11.2 Å². The van der Waals surface area contributed by atoms with Crippen LogP contribution < -0.4 is 5.56 Å². The topological polar surface area (TPSA) is 96.8 Å². The van der Waals surface area contributed by atoms with Crippen molar-refractivity contribution in [2.45, 2.75) is 32.2 Å². The molecule has 5 rings (SSSR count). The van der Waals surface area contributed by atoms with Gasteiger partial charge in [0, 0.05) is 29.6 Å². The fraction of sp³-hybridized carbons (Fsp3) is 0.292. The molecule has 1 fully saturated rings. The molecule has 168 valence electrons. The Balaban J connectivity index is 1.36. The van der Waals surface area contributed by atoms with Gasteiger partial charge in [-0.1, -0.05) is 52.7 Å². The summed E-state index contributed by atoms with van der Waals surface area (Å²) in [6.45, 7) is 3.56. The summed E-state index contributed by atoms with van der Waals surface area (Å²) in [5.74, 6) is 0.696. The number of benzene rings is 2. The molecule has 3 heterocycles. The van der Waals surface area contributed by atoms with E-state index in [1.54, 1.807) is 4.68 Å². The van der Waals surface area contributed by atoms with Gasteiger partial charge >= 0.3 is 0 Å². The quantitative estimate of drug-likeness (QED) is 0.500. The Hall–Kier alpha value is -3.52. The van der Waals surface area contributed by atoms with Gasteiger partial charge in [0.05, 0.1) is 6.54 Å². The number of aryl methyl sites for hydroxylation is 1. The van der Waals surface area contributed by atoms with Crippen LogP contribution in [0.15, 0.2) is 53.3 Å². The Morgan fingerprint density at radius 1 is 1.15 bits per heavy atom. The van der Waals surface area contributed by atoms with Crippen LogP contribution in [0.1, 0.15) is 46.1 Å². The van der Waals surface area contributed by atoms with Gasteiger partial charge in [-0.05, 0) is 43.5 Å². The first-order valence-electron chi connectivity index (χ1n) is 10.9. The Morgan fingerprint density at radius 2 is 1.94 bits per heavy atom. The second-order valence-electron chi connectivity index (χ2n) is 8.40. The largest absolute Gasteiger partial charge is 0.339 e. The number of fused-ring (bicyclic) bond motifs is 1. The SMILES string of the molecule is Cc1cccc(C(=O)N2CCC(c3nc4c(nnn4Cc4ccccc4Cl)c(=O)[nH]3)CC2)c1. The van der Waals surface area contributed by atoms with Crippen LogP contribution >= 0.6 is 11.6 Å². The van der Waals surface area contributed by atoms with Gasteiger partial charge in [-0.3, -0.25) is 9.59 Å². The summed E-state index contributed by atoms with van der Waals surface area (Å²) in [6, 6.07) is 15.1. The minimum Gasteiger partial charge on any atom is -0.339 e. The normalized spacial score (nSPS) is 14.7. The van der Waals surface area contributed by atoms with E-state index in [-0.39, 0.29) is 22.9 Å². The smallest absolute Gasteiger partial charge is 0.281 e. The predicted molar refractivity (Wildman–Crippen MR) is 126 cm³/mol. The number of H-pyrrole nitrogens is 1. The second-order valence-corrected chi connectivity index (χ2v) is 8.81. The molecule has 2 aromatic carbocycles. The van der Waals surface area contributed by atoms with E-state index >= 15 is 0 Å². The molecule has 2 aromatic heterocycles. The number of rotatable bonds is 4. The summed E-state index contributed by atoms with van der Waals surface area (Å²) >= 11 is 6.29.